The minimum absolute atomic E-state index is 0.245. The molecule has 13 heavy (non-hydrogen) atoms. The Morgan fingerprint density at radius 3 is 2.92 bits per heavy atom. The molecule has 0 spiro atoms. The molecule has 1 aliphatic rings. The van der Waals surface area contributed by atoms with Crippen LogP contribution >= 0.6 is 11.6 Å². The van der Waals surface area contributed by atoms with E-state index in [2.05, 4.69) is 31.2 Å². The van der Waals surface area contributed by atoms with Gasteiger partial charge in [-0.3, -0.25) is 0 Å². The van der Waals surface area contributed by atoms with Crippen molar-refractivity contribution in [1.29, 1.82) is 0 Å². The number of halogens is 1. The zero-order valence-electron chi connectivity index (χ0n) is 7.96. The Kier molecular flexibility index (Phi) is 2.59. The fourth-order valence-corrected chi connectivity index (χ4v) is 2.70. The summed E-state index contributed by atoms with van der Waals surface area (Å²) in [4.78, 5) is 0. The van der Waals surface area contributed by atoms with Crippen molar-refractivity contribution in [3.8, 4) is 0 Å². The number of hydrogen-bond donors (Lipinski definition) is 0. The van der Waals surface area contributed by atoms with E-state index in [4.69, 9.17) is 11.6 Å². The van der Waals surface area contributed by atoms with Gasteiger partial charge in [0.15, 0.2) is 0 Å². The van der Waals surface area contributed by atoms with Crippen molar-refractivity contribution in [2.24, 2.45) is 5.92 Å². The average Bonchev–Trinajstić information content (AvgIpc) is 2.19. The molecule has 70 valence electrons. The van der Waals surface area contributed by atoms with Crippen LogP contribution in [0.25, 0.3) is 0 Å². The van der Waals surface area contributed by atoms with Gasteiger partial charge in [-0.15, -0.1) is 11.6 Å². The smallest absolute Gasteiger partial charge is 0.0616 e. The normalized spacial score (nSPS) is 26.9. The van der Waals surface area contributed by atoms with Gasteiger partial charge >= 0.3 is 0 Å². The minimum Gasteiger partial charge on any atom is -0.118 e. The van der Waals surface area contributed by atoms with Gasteiger partial charge in [-0.1, -0.05) is 37.6 Å². The molecule has 0 amide bonds. The molecule has 0 fully saturated rings. The fourth-order valence-electron chi connectivity index (χ4n) is 2.18. The van der Waals surface area contributed by atoms with Crippen molar-refractivity contribution in [3.63, 3.8) is 0 Å². The van der Waals surface area contributed by atoms with E-state index in [1.165, 1.54) is 30.4 Å². The van der Waals surface area contributed by atoms with E-state index in [0.717, 1.165) is 0 Å². The Bertz CT molecular complexity index is 293. The molecule has 1 aliphatic carbocycles. The van der Waals surface area contributed by atoms with Crippen molar-refractivity contribution in [2.75, 3.05) is 0 Å². The third-order valence-corrected chi connectivity index (χ3v) is 3.67. The Balaban J connectivity index is 2.33. The van der Waals surface area contributed by atoms with Gasteiger partial charge in [0.05, 0.1) is 5.38 Å². The molecule has 1 aromatic rings. The third-order valence-electron chi connectivity index (χ3n) is 3.07. The zero-order chi connectivity index (χ0) is 9.26. The monoisotopic (exact) mass is 194 g/mol. The molecule has 0 N–H and O–H groups in total. The van der Waals surface area contributed by atoms with Gasteiger partial charge in [0.2, 0.25) is 0 Å². The second-order valence-corrected chi connectivity index (χ2v) is 4.28. The van der Waals surface area contributed by atoms with Crippen LogP contribution in [0.4, 0.5) is 0 Å². The van der Waals surface area contributed by atoms with E-state index < -0.39 is 0 Å². The van der Waals surface area contributed by atoms with E-state index in [-0.39, 0.29) is 5.38 Å². The molecule has 0 saturated carbocycles. The second kappa shape index (κ2) is 3.71. The van der Waals surface area contributed by atoms with Crippen molar-refractivity contribution < 1.29 is 0 Å². The number of rotatable bonds is 1. The molecule has 2 rings (SSSR count). The first kappa shape index (κ1) is 9.08. The van der Waals surface area contributed by atoms with Gasteiger partial charge in [-0.2, -0.15) is 0 Å². The van der Waals surface area contributed by atoms with Gasteiger partial charge in [0, 0.05) is 0 Å². The lowest BCUT2D eigenvalue weighted by Crippen LogP contribution is -2.15. The predicted molar refractivity (Wildman–Crippen MR) is 57.1 cm³/mol. The lowest BCUT2D eigenvalue weighted by atomic mass is 9.82. The Morgan fingerprint density at radius 1 is 1.38 bits per heavy atom. The predicted octanol–water partition coefficient (Wildman–Crippen LogP) is 3.94. The van der Waals surface area contributed by atoms with Crippen molar-refractivity contribution in [3.05, 3.63) is 35.4 Å². The molecular weight excluding hydrogens is 180 g/mol. The summed E-state index contributed by atoms with van der Waals surface area (Å²) < 4.78 is 0. The molecule has 0 bridgehead atoms. The van der Waals surface area contributed by atoms with Crippen LogP contribution in [0, 0.1) is 5.92 Å². The van der Waals surface area contributed by atoms with Crippen LogP contribution in [0.5, 0.6) is 0 Å². The highest BCUT2D eigenvalue weighted by Gasteiger charge is 2.25. The fraction of sp³-hybridized carbons (Fsp3) is 0.500. The first-order valence-corrected chi connectivity index (χ1v) is 5.48. The lowest BCUT2D eigenvalue weighted by Gasteiger charge is -2.28. The summed E-state index contributed by atoms with van der Waals surface area (Å²) in [6.45, 7) is 2.23. The molecule has 2 unspecified atom stereocenters. The van der Waals surface area contributed by atoms with Crippen LogP contribution in [0.2, 0.25) is 0 Å². The van der Waals surface area contributed by atoms with Gasteiger partial charge < -0.3 is 0 Å². The molecule has 0 radical (unpaired) electrons. The molecule has 0 nitrogen and oxygen atoms in total. The molecule has 0 aliphatic heterocycles. The number of fused-ring (bicyclic) bond motifs is 1. The van der Waals surface area contributed by atoms with Crippen LogP contribution in [0.3, 0.4) is 0 Å². The van der Waals surface area contributed by atoms with Gasteiger partial charge in [0.1, 0.15) is 0 Å². The quantitative estimate of drug-likeness (QED) is 0.595. The standard InChI is InChI=1S/C12H15Cl/c1-2-9-7-8-10-5-3-4-6-11(10)12(9)13/h3-6,9,12H,2,7-8H2,1H3. The Morgan fingerprint density at radius 2 is 2.15 bits per heavy atom. The molecular formula is C12H15Cl. The van der Waals surface area contributed by atoms with E-state index in [1.54, 1.807) is 0 Å². The van der Waals surface area contributed by atoms with Crippen LogP contribution < -0.4 is 0 Å². The van der Waals surface area contributed by atoms with E-state index >= 15 is 0 Å². The summed E-state index contributed by atoms with van der Waals surface area (Å²) in [5.74, 6) is 0.677. The SMILES string of the molecule is CCC1CCc2ccccc2C1Cl. The van der Waals surface area contributed by atoms with Crippen LogP contribution in [0.1, 0.15) is 36.3 Å². The molecule has 2 atom stereocenters. The molecule has 0 saturated heterocycles. The van der Waals surface area contributed by atoms with E-state index in [9.17, 15) is 0 Å². The number of hydrogen-bond acceptors (Lipinski definition) is 0. The maximum absolute atomic E-state index is 6.41. The largest absolute Gasteiger partial charge is 0.118 e. The molecule has 1 heteroatoms. The number of alkyl halides is 1. The summed E-state index contributed by atoms with van der Waals surface area (Å²) in [5.41, 5.74) is 2.81. The first-order valence-electron chi connectivity index (χ1n) is 5.04. The molecule has 0 aromatic heterocycles. The minimum atomic E-state index is 0.245. The molecule has 1 aromatic carbocycles. The summed E-state index contributed by atoms with van der Waals surface area (Å²) in [5, 5.41) is 0.245. The number of aryl methyl sites for hydroxylation is 1. The average molecular weight is 195 g/mol. The van der Waals surface area contributed by atoms with Gasteiger partial charge in [-0.25, -0.2) is 0 Å². The van der Waals surface area contributed by atoms with Crippen molar-refractivity contribution in [2.45, 2.75) is 31.6 Å². The zero-order valence-corrected chi connectivity index (χ0v) is 8.72. The van der Waals surface area contributed by atoms with E-state index in [1.807, 2.05) is 0 Å². The van der Waals surface area contributed by atoms with Crippen LogP contribution in [-0.2, 0) is 6.42 Å². The molecule has 0 heterocycles. The summed E-state index contributed by atoms with van der Waals surface area (Å²) in [6.07, 6.45) is 3.65. The van der Waals surface area contributed by atoms with Crippen LogP contribution in [-0.4, -0.2) is 0 Å². The topological polar surface area (TPSA) is 0 Å². The Labute approximate surface area is 84.9 Å². The van der Waals surface area contributed by atoms with Crippen LogP contribution in [0.15, 0.2) is 24.3 Å². The maximum atomic E-state index is 6.41. The second-order valence-electron chi connectivity index (χ2n) is 3.81. The van der Waals surface area contributed by atoms with Gasteiger partial charge in [0.25, 0.3) is 0 Å². The third kappa shape index (κ3) is 1.60. The highest BCUT2D eigenvalue weighted by atomic mass is 35.5. The Hall–Kier alpha value is -0.490. The highest BCUT2D eigenvalue weighted by molar-refractivity contribution is 6.21. The number of benzene rings is 1. The highest BCUT2D eigenvalue weighted by Crippen LogP contribution is 2.40. The van der Waals surface area contributed by atoms with Crippen molar-refractivity contribution in [1.82, 2.24) is 0 Å². The van der Waals surface area contributed by atoms with Gasteiger partial charge in [-0.05, 0) is 29.9 Å². The first-order chi connectivity index (χ1) is 6.33. The maximum Gasteiger partial charge on any atom is 0.0616 e. The summed E-state index contributed by atoms with van der Waals surface area (Å²) >= 11 is 6.41. The summed E-state index contributed by atoms with van der Waals surface area (Å²) in [6, 6.07) is 8.58. The lowest BCUT2D eigenvalue weighted by molar-refractivity contribution is 0.431. The van der Waals surface area contributed by atoms with E-state index in [0.29, 0.717) is 5.92 Å². The van der Waals surface area contributed by atoms with Crippen molar-refractivity contribution >= 4 is 11.6 Å². The summed E-state index contributed by atoms with van der Waals surface area (Å²) in [7, 11) is 0.